The highest BCUT2D eigenvalue weighted by molar-refractivity contribution is 5.85. The molecule has 0 heterocycles. The predicted molar refractivity (Wildman–Crippen MR) is 68.7 cm³/mol. The summed E-state index contributed by atoms with van der Waals surface area (Å²) in [5, 5.41) is 2.82. The number of unbranched alkanes of at least 4 members (excludes halogenated alkanes) is 2. The van der Waals surface area contributed by atoms with Gasteiger partial charge in [0.1, 0.15) is 5.78 Å². The lowest BCUT2D eigenvalue weighted by Gasteiger charge is -2.17. The molecule has 0 aromatic rings. The van der Waals surface area contributed by atoms with Gasteiger partial charge >= 0.3 is 0 Å². The summed E-state index contributed by atoms with van der Waals surface area (Å²) >= 11 is 0. The topological polar surface area (TPSA) is 46.2 Å². The molecule has 1 N–H and O–H groups in total. The summed E-state index contributed by atoms with van der Waals surface area (Å²) < 4.78 is 0. The van der Waals surface area contributed by atoms with E-state index in [9.17, 15) is 9.59 Å². The molecule has 1 fully saturated rings. The van der Waals surface area contributed by atoms with E-state index < -0.39 is 0 Å². The van der Waals surface area contributed by atoms with Crippen LogP contribution in [0.25, 0.3) is 0 Å². The van der Waals surface area contributed by atoms with Crippen molar-refractivity contribution in [2.75, 3.05) is 6.54 Å². The van der Waals surface area contributed by atoms with Crippen molar-refractivity contribution < 1.29 is 9.59 Å². The summed E-state index contributed by atoms with van der Waals surface area (Å²) in [6.07, 6.45) is 6.61. The van der Waals surface area contributed by atoms with Crippen molar-refractivity contribution >= 4 is 11.7 Å². The lowest BCUT2D eigenvalue weighted by Crippen LogP contribution is -2.27. The van der Waals surface area contributed by atoms with Crippen LogP contribution in [0.2, 0.25) is 0 Å². The minimum absolute atomic E-state index is 0.104. The fourth-order valence-corrected chi connectivity index (χ4v) is 2.74. The zero-order valence-corrected chi connectivity index (χ0v) is 11.1. The van der Waals surface area contributed by atoms with Gasteiger partial charge in [-0.1, -0.05) is 26.2 Å². The zero-order valence-electron chi connectivity index (χ0n) is 11.1. The maximum Gasteiger partial charge on any atom is 0.220 e. The summed E-state index contributed by atoms with van der Waals surface area (Å²) in [6.45, 7) is 4.78. The third-order valence-electron chi connectivity index (χ3n) is 3.68. The normalized spacial score (nSPS) is 24.0. The number of nitrogens with one attached hydrogen (secondary N) is 1. The Morgan fingerprint density at radius 1 is 1.35 bits per heavy atom. The fraction of sp³-hybridized carbons (Fsp3) is 0.857. The molecule has 0 bridgehead atoms. The Labute approximate surface area is 104 Å². The lowest BCUT2D eigenvalue weighted by atomic mass is 9.87. The highest BCUT2D eigenvalue weighted by Gasteiger charge is 2.34. The van der Waals surface area contributed by atoms with Crippen LogP contribution < -0.4 is 5.32 Å². The number of carbonyl (C=O) groups is 2. The molecule has 0 radical (unpaired) electrons. The van der Waals surface area contributed by atoms with E-state index >= 15 is 0 Å². The van der Waals surface area contributed by atoms with Gasteiger partial charge in [0, 0.05) is 25.3 Å². The minimum Gasteiger partial charge on any atom is -0.356 e. The third kappa shape index (κ3) is 4.49. The Kier molecular flexibility index (Phi) is 6.23. The van der Waals surface area contributed by atoms with Gasteiger partial charge in [-0.25, -0.2) is 0 Å². The molecule has 1 saturated carbocycles. The van der Waals surface area contributed by atoms with Crippen molar-refractivity contribution in [1.29, 1.82) is 0 Å². The summed E-state index contributed by atoms with van der Waals surface area (Å²) in [5.41, 5.74) is 0. The fourth-order valence-electron chi connectivity index (χ4n) is 2.74. The third-order valence-corrected chi connectivity index (χ3v) is 3.68. The quantitative estimate of drug-likeness (QED) is 0.694. The second-order valence-corrected chi connectivity index (χ2v) is 5.02. The Bertz CT molecular complexity index is 263. The summed E-state index contributed by atoms with van der Waals surface area (Å²) in [7, 11) is 0. The largest absolute Gasteiger partial charge is 0.356 e. The van der Waals surface area contributed by atoms with Crippen LogP contribution in [-0.4, -0.2) is 18.2 Å². The standard InChI is InChI=1S/C14H25NO2/c1-3-5-6-7-12-11(8-9-13(12)16)10-14(17)15-4-2/h11-12H,3-10H2,1-2H3,(H,15,17). The molecule has 3 heteroatoms. The molecule has 0 aromatic heterocycles. The van der Waals surface area contributed by atoms with Gasteiger partial charge in [0.05, 0.1) is 0 Å². The van der Waals surface area contributed by atoms with Gasteiger partial charge in [-0.15, -0.1) is 0 Å². The van der Waals surface area contributed by atoms with E-state index in [-0.39, 0.29) is 11.8 Å². The van der Waals surface area contributed by atoms with Gasteiger partial charge in [0.15, 0.2) is 0 Å². The SMILES string of the molecule is CCCCCC1C(=O)CCC1CC(=O)NCC. The number of ketones is 1. The molecule has 0 aromatic carbocycles. The molecule has 0 saturated heterocycles. The van der Waals surface area contributed by atoms with Crippen molar-refractivity contribution in [2.24, 2.45) is 11.8 Å². The minimum atomic E-state index is 0.104. The first-order valence-corrected chi connectivity index (χ1v) is 6.98. The van der Waals surface area contributed by atoms with Gasteiger partial charge in [-0.2, -0.15) is 0 Å². The molecule has 1 rings (SSSR count). The molecule has 17 heavy (non-hydrogen) atoms. The summed E-state index contributed by atoms with van der Waals surface area (Å²) in [5.74, 6) is 0.943. The van der Waals surface area contributed by atoms with Crippen molar-refractivity contribution in [1.82, 2.24) is 5.32 Å². The molecule has 1 aliphatic carbocycles. The Balaban J connectivity index is 2.41. The molecule has 1 amide bonds. The predicted octanol–water partition coefficient (Wildman–Crippen LogP) is 2.69. The van der Waals surface area contributed by atoms with Crippen LogP contribution in [0, 0.1) is 11.8 Å². The Morgan fingerprint density at radius 2 is 2.12 bits per heavy atom. The number of Topliss-reactive ketones (excluding diaryl/α,β-unsaturated/α-hetero) is 1. The van der Waals surface area contributed by atoms with E-state index in [2.05, 4.69) is 12.2 Å². The number of amides is 1. The van der Waals surface area contributed by atoms with Crippen LogP contribution >= 0.6 is 0 Å². The van der Waals surface area contributed by atoms with Gasteiger partial charge in [-0.05, 0) is 25.7 Å². The maximum atomic E-state index is 11.8. The number of hydrogen-bond donors (Lipinski definition) is 1. The number of rotatable bonds is 7. The van der Waals surface area contributed by atoms with Crippen LogP contribution in [0.5, 0.6) is 0 Å². The Hall–Kier alpha value is -0.860. The van der Waals surface area contributed by atoms with Crippen LogP contribution in [0.3, 0.4) is 0 Å². The first kappa shape index (κ1) is 14.2. The maximum absolute atomic E-state index is 11.8. The zero-order chi connectivity index (χ0) is 12.7. The summed E-state index contributed by atoms with van der Waals surface area (Å²) in [6, 6.07) is 0. The summed E-state index contributed by atoms with van der Waals surface area (Å²) in [4.78, 5) is 23.3. The number of hydrogen-bond acceptors (Lipinski definition) is 2. The van der Waals surface area contributed by atoms with Crippen molar-refractivity contribution in [2.45, 2.75) is 58.8 Å². The van der Waals surface area contributed by atoms with Gasteiger partial charge in [0.25, 0.3) is 0 Å². The van der Waals surface area contributed by atoms with Crippen LogP contribution in [0.4, 0.5) is 0 Å². The monoisotopic (exact) mass is 239 g/mol. The van der Waals surface area contributed by atoms with Crippen LogP contribution in [0.15, 0.2) is 0 Å². The van der Waals surface area contributed by atoms with Crippen molar-refractivity contribution in [3.8, 4) is 0 Å². The molecule has 1 aliphatic rings. The second-order valence-electron chi connectivity index (χ2n) is 5.02. The highest BCUT2D eigenvalue weighted by atomic mass is 16.1. The van der Waals surface area contributed by atoms with E-state index in [4.69, 9.17) is 0 Å². The van der Waals surface area contributed by atoms with E-state index in [1.54, 1.807) is 0 Å². The molecular formula is C14H25NO2. The average molecular weight is 239 g/mol. The smallest absolute Gasteiger partial charge is 0.220 e. The van der Waals surface area contributed by atoms with E-state index in [1.165, 1.54) is 12.8 Å². The van der Waals surface area contributed by atoms with E-state index in [0.29, 0.717) is 31.1 Å². The first-order valence-electron chi connectivity index (χ1n) is 6.98. The molecule has 0 spiro atoms. The van der Waals surface area contributed by atoms with Gasteiger partial charge < -0.3 is 5.32 Å². The molecular weight excluding hydrogens is 214 g/mol. The molecule has 0 aliphatic heterocycles. The first-order chi connectivity index (χ1) is 8.19. The van der Waals surface area contributed by atoms with Gasteiger partial charge in [0.2, 0.25) is 5.91 Å². The van der Waals surface area contributed by atoms with Crippen molar-refractivity contribution in [3.63, 3.8) is 0 Å². The van der Waals surface area contributed by atoms with Crippen LogP contribution in [-0.2, 0) is 9.59 Å². The van der Waals surface area contributed by atoms with Crippen LogP contribution in [0.1, 0.15) is 58.8 Å². The highest BCUT2D eigenvalue weighted by Crippen LogP contribution is 2.34. The van der Waals surface area contributed by atoms with E-state index in [0.717, 1.165) is 19.3 Å². The lowest BCUT2D eigenvalue weighted by molar-refractivity contribution is -0.123. The number of carbonyl (C=O) groups excluding carboxylic acids is 2. The molecule has 2 unspecified atom stereocenters. The average Bonchev–Trinajstić information content (AvgIpc) is 2.62. The van der Waals surface area contributed by atoms with E-state index in [1.807, 2.05) is 6.92 Å². The van der Waals surface area contributed by atoms with Gasteiger partial charge in [-0.3, -0.25) is 9.59 Å². The Morgan fingerprint density at radius 3 is 2.76 bits per heavy atom. The second kappa shape index (κ2) is 7.46. The molecule has 2 atom stereocenters. The molecule has 98 valence electrons. The van der Waals surface area contributed by atoms with Crippen molar-refractivity contribution in [3.05, 3.63) is 0 Å². The molecule has 3 nitrogen and oxygen atoms in total.